The zero-order chi connectivity index (χ0) is 9.28. The summed E-state index contributed by atoms with van der Waals surface area (Å²) in [6, 6.07) is 0. The summed E-state index contributed by atoms with van der Waals surface area (Å²) in [4.78, 5) is 0. The standard InChI is InChI=1S/C8H14O.C2H6/c1-5-7(3)8(6-2)9-4;1-2/h5-6H,1-4H3;1-2H3/b7-5-,8-6+;. The summed E-state index contributed by atoms with van der Waals surface area (Å²) in [7, 11) is 1.68. The van der Waals surface area contributed by atoms with Gasteiger partial charge in [-0.05, 0) is 32.4 Å². The number of rotatable bonds is 2. The van der Waals surface area contributed by atoms with Crippen molar-refractivity contribution in [3.63, 3.8) is 0 Å². The van der Waals surface area contributed by atoms with Crippen LogP contribution in [0.2, 0.25) is 0 Å². The molecule has 0 aliphatic heterocycles. The minimum atomic E-state index is 0.956. The van der Waals surface area contributed by atoms with E-state index in [9.17, 15) is 0 Å². The molecule has 0 aromatic carbocycles. The molecule has 11 heavy (non-hydrogen) atoms. The average molecular weight is 156 g/mol. The van der Waals surface area contributed by atoms with Crippen molar-refractivity contribution in [1.82, 2.24) is 0 Å². The van der Waals surface area contributed by atoms with E-state index in [1.54, 1.807) is 7.11 Å². The Morgan fingerprint density at radius 2 is 1.55 bits per heavy atom. The van der Waals surface area contributed by atoms with Crippen LogP contribution in [0.5, 0.6) is 0 Å². The molecule has 0 aliphatic rings. The van der Waals surface area contributed by atoms with E-state index in [0.717, 1.165) is 5.76 Å². The summed E-state index contributed by atoms with van der Waals surface area (Å²) in [5, 5.41) is 0. The smallest absolute Gasteiger partial charge is 0.117 e. The molecule has 0 N–H and O–H groups in total. The molecular formula is C10H20O. The predicted molar refractivity (Wildman–Crippen MR) is 51.5 cm³/mol. The Morgan fingerprint density at radius 1 is 1.09 bits per heavy atom. The van der Waals surface area contributed by atoms with Crippen LogP contribution in [0.15, 0.2) is 23.5 Å². The summed E-state index contributed by atoms with van der Waals surface area (Å²) >= 11 is 0. The van der Waals surface area contributed by atoms with Gasteiger partial charge in [-0.1, -0.05) is 19.9 Å². The molecule has 0 aromatic heterocycles. The van der Waals surface area contributed by atoms with Gasteiger partial charge in [-0.3, -0.25) is 0 Å². The van der Waals surface area contributed by atoms with E-state index in [1.807, 2.05) is 46.8 Å². The first-order valence-corrected chi connectivity index (χ1v) is 4.09. The van der Waals surface area contributed by atoms with Crippen molar-refractivity contribution < 1.29 is 4.74 Å². The van der Waals surface area contributed by atoms with E-state index in [-0.39, 0.29) is 0 Å². The summed E-state index contributed by atoms with van der Waals surface area (Å²) in [5.41, 5.74) is 1.18. The maximum absolute atomic E-state index is 5.04. The van der Waals surface area contributed by atoms with E-state index in [1.165, 1.54) is 5.57 Å². The lowest BCUT2D eigenvalue weighted by atomic mass is 10.2. The topological polar surface area (TPSA) is 9.23 Å². The molecule has 1 heteroatoms. The van der Waals surface area contributed by atoms with Crippen LogP contribution in [-0.2, 0) is 4.74 Å². The predicted octanol–water partition coefficient (Wildman–Crippen LogP) is 3.53. The minimum Gasteiger partial charge on any atom is -0.497 e. The molecule has 0 saturated carbocycles. The van der Waals surface area contributed by atoms with Gasteiger partial charge in [-0.15, -0.1) is 0 Å². The van der Waals surface area contributed by atoms with Crippen LogP contribution in [0, 0.1) is 0 Å². The largest absolute Gasteiger partial charge is 0.497 e. The van der Waals surface area contributed by atoms with Gasteiger partial charge in [0.2, 0.25) is 0 Å². The van der Waals surface area contributed by atoms with Crippen LogP contribution in [0.4, 0.5) is 0 Å². The van der Waals surface area contributed by atoms with E-state index in [2.05, 4.69) is 0 Å². The first-order chi connectivity index (χ1) is 5.26. The van der Waals surface area contributed by atoms with Gasteiger partial charge >= 0.3 is 0 Å². The fourth-order valence-corrected chi connectivity index (χ4v) is 0.649. The third-order valence-electron chi connectivity index (χ3n) is 1.30. The Bertz CT molecular complexity index is 132. The first kappa shape index (κ1) is 12.9. The van der Waals surface area contributed by atoms with Crippen LogP contribution < -0.4 is 0 Å². The molecule has 0 radical (unpaired) electrons. The quantitative estimate of drug-likeness (QED) is 0.439. The van der Waals surface area contributed by atoms with Crippen molar-refractivity contribution in [3.05, 3.63) is 23.5 Å². The first-order valence-electron chi connectivity index (χ1n) is 4.09. The average Bonchev–Trinajstić information content (AvgIpc) is 2.10. The van der Waals surface area contributed by atoms with Gasteiger partial charge in [0.25, 0.3) is 0 Å². The van der Waals surface area contributed by atoms with Gasteiger partial charge in [0.05, 0.1) is 7.11 Å². The highest BCUT2D eigenvalue weighted by atomic mass is 16.5. The second-order valence-electron chi connectivity index (χ2n) is 1.83. The molecular weight excluding hydrogens is 136 g/mol. The Kier molecular flexibility index (Phi) is 10.9. The number of hydrogen-bond acceptors (Lipinski definition) is 1. The maximum atomic E-state index is 5.04. The molecule has 0 rings (SSSR count). The van der Waals surface area contributed by atoms with Crippen LogP contribution in [0.3, 0.4) is 0 Å². The summed E-state index contributed by atoms with van der Waals surface area (Å²) in [6.07, 6.45) is 3.98. The van der Waals surface area contributed by atoms with E-state index < -0.39 is 0 Å². The van der Waals surface area contributed by atoms with Crippen molar-refractivity contribution in [1.29, 1.82) is 0 Å². The SMILES string of the molecule is C/C=C(C)\C(=C/C)OC.CC. The van der Waals surface area contributed by atoms with Crippen LogP contribution in [-0.4, -0.2) is 7.11 Å². The second kappa shape index (κ2) is 9.28. The molecule has 0 amide bonds. The molecule has 0 heterocycles. The Balaban J connectivity index is 0. The lowest BCUT2D eigenvalue weighted by molar-refractivity contribution is 0.300. The lowest BCUT2D eigenvalue weighted by Gasteiger charge is -2.03. The van der Waals surface area contributed by atoms with Crippen molar-refractivity contribution in [2.75, 3.05) is 7.11 Å². The number of methoxy groups -OCH3 is 1. The van der Waals surface area contributed by atoms with Crippen LogP contribution in [0.1, 0.15) is 34.6 Å². The van der Waals surface area contributed by atoms with Crippen LogP contribution in [0.25, 0.3) is 0 Å². The lowest BCUT2D eigenvalue weighted by Crippen LogP contribution is -1.86. The Labute approximate surface area is 70.8 Å². The Hall–Kier alpha value is -0.720. The van der Waals surface area contributed by atoms with Gasteiger partial charge in [-0.25, -0.2) is 0 Å². The van der Waals surface area contributed by atoms with Crippen molar-refractivity contribution in [3.8, 4) is 0 Å². The Morgan fingerprint density at radius 3 is 1.64 bits per heavy atom. The number of hydrogen-bond donors (Lipinski definition) is 0. The third-order valence-corrected chi connectivity index (χ3v) is 1.30. The summed E-state index contributed by atoms with van der Waals surface area (Å²) < 4.78 is 5.04. The van der Waals surface area contributed by atoms with E-state index in [0.29, 0.717) is 0 Å². The molecule has 0 atom stereocenters. The van der Waals surface area contributed by atoms with Crippen molar-refractivity contribution in [2.45, 2.75) is 34.6 Å². The number of allylic oxidation sites excluding steroid dienone is 3. The molecule has 0 bridgehead atoms. The molecule has 0 aliphatic carbocycles. The zero-order valence-electron chi connectivity index (χ0n) is 8.56. The highest BCUT2D eigenvalue weighted by Crippen LogP contribution is 2.07. The normalized spacial score (nSPS) is 11.8. The molecule has 0 aromatic rings. The minimum absolute atomic E-state index is 0.956. The van der Waals surface area contributed by atoms with E-state index >= 15 is 0 Å². The van der Waals surface area contributed by atoms with Gasteiger partial charge in [0.1, 0.15) is 5.76 Å². The fraction of sp³-hybridized carbons (Fsp3) is 0.600. The number of ether oxygens (including phenoxy) is 1. The van der Waals surface area contributed by atoms with Gasteiger partial charge in [0, 0.05) is 0 Å². The van der Waals surface area contributed by atoms with Crippen molar-refractivity contribution in [2.24, 2.45) is 0 Å². The maximum Gasteiger partial charge on any atom is 0.117 e. The monoisotopic (exact) mass is 156 g/mol. The molecule has 0 saturated heterocycles. The third kappa shape index (κ3) is 5.71. The van der Waals surface area contributed by atoms with Crippen LogP contribution >= 0.6 is 0 Å². The zero-order valence-corrected chi connectivity index (χ0v) is 8.56. The molecule has 0 unspecified atom stereocenters. The summed E-state index contributed by atoms with van der Waals surface area (Å²) in [6.45, 7) is 9.99. The van der Waals surface area contributed by atoms with Crippen molar-refractivity contribution >= 4 is 0 Å². The van der Waals surface area contributed by atoms with E-state index in [4.69, 9.17) is 4.74 Å². The fourth-order valence-electron chi connectivity index (χ4n) is 0.649. The molecule has 0 fully saturated rings. The van der Waals surface area contributed by atoms with Gasteiger partial charge in [-0.2, -0.15) is 0 Å². The second-order valence-corrected chi connectivity index (χ2v) is 1.83. The highest BCUT2D eigenvalue weighted by Gasteiger charge is 1.92. The van der Waals surface area contributed by atoms with Gasteiger partial charge in [0.15, 0.2) is 0 Å². The molecule has 0 spiro atoms. The van der Waals surface area contributed by atoms with Gasteiger partial charge < -0.3 is 4.74 Å². The molecule has 1 nitrogen and oxygen atoms in total. The highest BCUT2D eigenvalue weighted by molar-refractivity contribution is 5.21. The summed E-state index contributed by atoms with van der Waals surface area (Å²) in [5.74, 6) is 0.956. The molecule has 66 valence electrons.